The number of nitrogens with zero attached hydrogens (tertiary/aromatic N) is 1. The summed E-state index contributed by atoms with van der Waals surface area (Å²) < 4.78 is 0. The van der Waals surface area contributed by atoms with E-state index in [-0.39, 0.29) is 0 Å². The van der Waals surface area contributed by atoms with Crippen LogP contribution in [0.15, 0.2) is 0 Å². The van der Waals surface area contributed by atoms with E-state index in [0.717, 1.165) is 6.04 Å². The lowest BCUT2D eigenvalue weighted by molar-refractivity contribution is 0.285. The Morgan fingerprint density at radius 2 is 1.71 bits per heavy atom. The molecule has 1 aliphatic rings. The lowest BCUT2D eigenvalue weighted by Crippen LogP contribution is -2.38. The molecule has 1 N–H and O–H groups in total. The second-order valence-corrected chi connectivity index (χ2v) is 4.32. The van der Waals surface area contributed by atoms with E-state index in [0.29, 0.717) is 0 Å². The monoisotopic (exact) mass is 198 g/mol. The lowest BCUT2D eigenvalue weighted by atomic mass is 9.95. The molecule has 84 valence electrons. The standard InChI is InChI=1S/C12H26N2/c1-3-14(4-2)11-10-13-12-8-6-5-7-9-12/h12-13H,3-11H2,1-2H3. The van der Waals surface area contributed by atoms with Gasteiger partial charge in [-0.05, 0) is 25.9 Å². The zero-order valence-electron chi connectivity index (χ0n) is 9.89. The maximum Gasteiger partial charge on any atom is 0.0107 e. The van der Waals surface area contributed by atoms with Crippen LogP contribution in [0.1, 0.15) is 46.0 Å². The normalized spacial score (nSPS) is 19.1. The summed E-state index contributed by atoms with van der Waals surface area (Å²) in [7, 11) is 0. The molecule has 1 fully saturated rings. The first-order valence-electron chi connectivity index (χ1n) is 6.32. The summed E-state index contributed by atoms with van der Waals surface area (Å²) in [6.45, 7) is 9.23. The molecule has 14 heavy (non-hydrogen) atoms. The molecule has 0 aromatic carbocycles. The molecule has 0 aromatic heterocycles. The number of likely N-dealkylation sites (N-methyl/N-ethyl adjacent to an activating group) is 1. The summed E-state index contributed by atoms with van der Waals surface area (Å²) in [5.74, 6) is 0. The second kappa shape index (κ2) is 7.24. The van der Waals surface area contributed by atoms with Gasteiger partial charge < -0.3 is 10.2 Å². The molecule has 0 heterocycles. The van der Waals surface area contributed by atoms with Crippen molar-refractivity contribution in [3.05, 3.63) is 0 Å². The summed E-state index contributed by atoms with van der Waals surface area (Å²) >= 11 is 0. The fourth-order valence-corrected chi connectivity index (χ4v) is 2.27. The Hall–Kier alpha value is -0.0800. The van der Waals surface area contributed by atoms with Crippen LogP contribution in [0.5, 0.6) is 0 Å². The van der Waals surface area contributed by atoms with E-state index in [1.54, 1.807) is 0 Å². The smallest absolute Gasteiger partial charge is 0.0107 e. The number of rotatable bonds is 6. The predicted octanol–water partition coefficient (Wildman–Crippen LogP) is 2.25. The van der Waals surface area contributed by atoms with Gasteiger partial charge in [0.1, 0.15) is 0 Å². The Morgan fingerprint density at radius 1 is 1.07 bits per heavy atom. The molecule has 0 unspecified atom stereocenters. The zero-order valence-corrected chi connectivity index (χ0v) is 9.89. The van der Waals surface area contributed by atoms with Gasteiger partial charge in [-0.25, -0.2) is 0 Å². The van der Waals surface area contributed by atoms with Crippen molar-refractivity contribution in [3.63, 3.8) is 0 Å². The fourth-order valence-electron chi connectivity index (χ4n) is 2.27. The van der Waals surface area contributed by atoms with Crippen LogP contribution in [0.3, 0.4) is 0 Å². The molecule has 0 bridgehead atoms. The molecular weight excluding hydrogens is 172 g/mol. The van der Waals surface area contributed by atoms with Crippen LogP contribution < -0.4 is 5.32 Å². The van der Waals surface area contributed by atoms with Crippen molar-refractivity contribution in [1.29, 1.82) is 0 Å². The van der Waals surface area contributed by atoms with Crippen molar-refractivity contribution < 1.29 is 0 Å². The molecule has 0 spiro atoms. The Kier molecular flexibility index (Phi) is 6.20. The van der Waals surface area contributed by atoms with Gasteiger partial charge in [-0.15, -0.1) is 0 Å². The van der Waals surface area contributed by atoms with Gasteiger partial charge in [-0.2, -0.15) is 0 Å². The third-order valence-electron chi connectivity index (χ3n) is 3.36. The minimum absolute atomic E-state index is 0.819. The molecule has 0 aliphatic heterocycles. The fraction of sp³-hybridized carbons (Fsp3) is 1.00. The summed E-state index contributed by atoms with van der Waals surface area (Å²) in [5, 5.41) is 3.68. The van der Waals surface area contributed by atoms with Gasteiger partial charge in [0.05, 0.1) is 0 Å². The van der Waals surface area contributed by atoms with E-state index in [1.165, 1.54) is 58.3 Å². The highest BCUT2D eigenvalue weighted by molar-refractivity contribution is 4.72. The molecule has 0 atom stereocenters. The van der Waals surface area contributed by atoms with Crippen molar-refractivity contribution in [2.75, 3.05) is 26.2 Å². The van der Waals surface area contributed by atoms with E-state index in [1.807, 2.05) is 0 Å². The molecule has 0 saturated heterocycles. The van der Waals surface area contributed by atoms with Crippen molar-refractivity contribution in [1.82, 2.24) is 10.2 Å². The summed E-state index contributed by atoms with van der Waals surface area (Å²) in [4.78, 5) is 2.48. The van der Waals surface area contributed by atoms with Crippen LogP contribution in [0.2, 0.25) is 0 Å². The quantitative estimate of drug-likeness (QED) is 0.704. The number of hydrogen-bond acceptors (Lipinski definition) is 2. The van der Waals surface area contributed by atoms with Crippen molar-refractivity contribution in [2.45, 2.75) is 52.0 Å². The van der Waals surface area contributed by atoms with E-state index in [2.05, 4.69) is 24.1 Å². The Labute approximate surface area is 89.1 Å². The molecule has 1 aliphatic carbocycles. The van der Waals surface area contributed by atoms with Crippen molar-refractivity contribution in [2.24, 2.45) is 0 Å². The lowest BCUT2D eigenvalue weighted by Gasteiger charge is -2.25. The highest BCUT2D eigenvalue weighted by Gasteiger charge is 2.12. The van der Waals surface area contributed by atoms with E-state index < -0.39 is 0 Å². The highest BCUT2D eigenvalue weighted by Crippen LogP contribution is 2.16. The first-order chi connectivity index (χ1) is 6.86. The van der Waals surface area contributed by atoms with Crippen molar-refractivity contribution >= 4 is 0 Å². The highest BCUT2D eigenvalue weighted by atomic mass is 15.1. The molecular formula is C12H26N2. The van der Waals surface area contributed by atoms with Gasteiger partial charge in [-0.1, -0.05) is 33.1 Å². The van der Waals surface area contributed by atoms with Crippen LogP contribution in [-0.2, 0) is 0 Å². The maximum atomic E-state index is 3.68. The minimum atomic E-state index is 0.819. The SMILES string of the molecule is CCN(CC)CCNC1CCCCC1. The average Bonchev–Trinajstić information content (AvgIpc) is 2.26. The van der Waals surface area contributed by atoms with Gasteiger partial charge in [0.25, 0.3) is 0 Å². The molecule has 0 radical (unpaired) electrons. The second-order valence-electron chi connectivity index (χ2n) is 4.32. The molecule has 1 saturated carbocycles. The Bertz CT molecular complexity index is 126. The molecule has 0 amide bonds. The topological polar surface area (TPSA) is 15.3 Å². The number of nitrogens with one attached hydrogen (secondary N) is 1. The van der Waals surface area contributed by atoms with Gasteiger partial charge in [0.15, 0.2) is 0 Å². The van der Waals surface area contributed by atoms with Crippen LogP contribution in [0, 0.1) is 0 Å². The average molecular weight is 198 g/mol. The predicted molar refractivity (Wildman–Crippen MR) is 62.7 cm³/mol. The molecule has 2 heteroatoms. The first kappa shape index (κ1) is 12.0. The van der Waals surface area contributed by atoms with Crippen LogP contribution in [0.4, 0.5) is 0 Å². The minimum Gasteiger partial charge on any atom is -0.313 e. The van der Waals surface area contributed by atoms with E-state index in [9.17, 15) is 0 Å². The first-order valence-corrected chi connectivity index (χ1v) is 6.32. The number of hydrogen-bond donors (Lipinski definition) is 1. The summed E-state index contributed by atoms with van der Waals surface area (Å²) in [6.07, 6.45) is 7.12. The zero-order chi connectivity index (χ0) is 10.2. The molecule has 0 aromatic rings. The third kappa shape index (κ3) is 4.43. The van der Waals surface area contributed by atoms with Crippen LogP contribution in [0.25, 0.3) is 0 Å². The van der Waals surface area contributed by atoms with Gasteiger partial charge >= 0.3 is 0 Å². The maximum absolute atomic E-state index is 3.68. The Morgan fingerprint density at radius 3 is 2.29 bits per heavy atom. The van der Waals surface area contributed by atoms with E-state index in [4.69, 9.17) is 0 Å². The Balaban J connectivity index is 2.01. The van der Waals surface area contributed by atoms with Gasteiger partial charge in [0.2, 0.25) is 0 Å². The largest absolute Gasteiger partial charge is 0.313 e. The summed E-state index contributed by atoms with van der Waals surface area (Å²) in [5.41, 5.74) is 0. The van der Waals surface area contributed by atoms with Crippen LogP contribution in [-0.4, -0.2) is 37.1 Å². The molecule has 1 rings (SSSR count). The van der Waals surface area contributed by atoms with Crippen LogP contribution >= 0.6 is 0 Å². The van der Waals surface area contributed by atoms with Gasteiger partial charge in [-0.3, -0.25) is 0 Å². The van der Waals surface area contributed by atoms with Gasteiger partial charge in [0, 0.05) is 19.1 Å². The van der Waals surface area contributed by atoms with Crippen molar-refractivity contribution in [3.8, 4) is 0 Å². The van der Waals surface area contributed by atoms with E-state index >= 15 is 0 Å². The molecule has 2 nitrogen and oxygen atoms in total. The third-order valence-corrected chi connectivity index (χ3v) is 3.36. The summed E-state index contributed by atoms with van der Waals surface area (Å²) in [6, 6.07) is 0.819.